The van der Waals surface area contributed by atoms with Gasteiger partial charge in [-0.05, 0) is 11.3 Å². The first-order chi connectivity index (χ1) is 6.82. The highest BCUT2D eigenvalue weighted by atomic mass is 35.5. The fourth-order valence-corrected chi connectivity index (χ4v) is 2.00. The summed E-state index contributed by atoms with van der Waals surface area (Å²) in [6.45, 7) is 3.66. The molecule has 1 fully saturated rings. The number of hydrogen-bond acceptors (Lipinski definition) is 3. The highest BCUT2D eigenvalue weighted by molar-refractivity contribution is 6.41. The van der Waals surface area contributed by atoms with Gasteiger partial charge in [0.25, 0.3) is 0 Å². The molecule has 0 amide bonds. The second kappa shape index (κ2) is 3.85. The molecule has 1 N–H and O–H groups in total. The van der Waals surface area contributed by atoms with Gasteiger partial charge in [0.1, 0.15) is 5.03 Å². The van der Waals surface area contributed by atoms with Crippen LogP contribution in [0.15, 0.2) is 11.1 Å². The zero-order valence-corrected chi connectivity index (χ0v) is 9.54. The summed E-state index contributed by atoms with van der Waals surface area (Å²) in [5.41, 5.74) is -0.347. The lowest BCUT2D eigenvalue weighted by atomic mass is 10.1. The molecule has 0 aromatic heterocycles. The van der Waals surface area contributed by atoms with Gasteiger partial charge in [-0.15, -0.1) is 0 Å². The van der Waals surface area contributed by atoms with Crippen molar-refractivity contribution < 1.29 is 19.4 Å². The zero-order valence-electron chi connectivity index (χ0n) is 8.78. The number of carbonyl (C=O) groups excluding carboxylic acids is 1. The summed E-state index contributed by atoms with van der Waals surface area (Å²) < 4.78 is 4.42. The van der Waals surface area contributed by atoms with Crippen molar-refractivity contribution in [3.8, 4) is 0 Å². The van der Waals surface area contributed by atoms with Gasteiger partial charge in [-0.3, -0.25) is 4.79 Å². The van der Waals surface area contributed by atoms with Crippen LogP contribution in [-0.4, -0.2) is 24.2 Å². The number of allylic oxidation sites excluding steroid dienone is 1. The molecular formula is C10H13ClO4. The van der Waals surface area contributed by atoms with E-state index in [1.807, 2.05) is 13.8 Å². The quantitative estimate of drug-likeness (QED) is 0.594. The van der Waals surface area contributed by atoms with E-state index in [1.54, 1.807) is 0 Å². The van der Waals surface area contributed by atoms with Gasteiger partial charge in [-0.1, -0.05) is 31.5 Å². The van der Waals surface area contributed by atoms with Crippen molar-refractivity contribution in [2.75, 3.05) is 7.11 Å². The normalized spacial score (nSPS) is 28.4. The molecule has 84 valence electrons. The number of hydrogen-bond donors (Lipinski definition) is 1. The molecule has 0 spiro atoms. The molecular weight excluding hydrogens is 220 g/mol. The lowest BCUT2D eigenvalue weighted by Gasteiger charge is -1.98. The molecule has 0 aromatic carbocycles. The van der Waals surface area contributed by atoms with Crippen LogP contribution in [0.3, 0.4) is 0 Å². The summed E-state index contributed by atoms with van der Waals surface area (Å²) in [7, 11) is 1.23. The molecule has 1 aliphatic rings. The van der Waals surface area contributed by atoms with E-state index in [0.29, 0.717) is 0 Å². The number of carboxylic acids is 1. The predicted molar refractivity (Wildman–Crippen MR) is 54.3 cm³/mol. The SMILES string of the molecule is COC(=O)/C(Cl)=C/[C@H]1[C@@H](C(=O)O)C1(C)C. The van der Waals surface area contributed by atoms with Crippen molar-refractivity contribution in [1.82, 2.24) is 0 Å². The van der Waals surface area contributed by atoms with E-state index >= 15 is 0 Å². The average Bonchev–Trinajstić information content (AvgIpc) is 2.66. The fourth-order valence-electron chi connectivity index (χ4n) is 1.78. The maximum atomic E-state index is 11.0. The van der Waals surface area contributed by atoms with Crippen LogP contribution in [-0.2, 0) is 14.3 Å². The maximum absolute atomic E-state index is 11.0. The molecule has 0 saturated heterocycles. The Balaban J connectivity index is 2.78. The Bertz CT molecular complexity index is 332. The number of carboxylic acid groups (broad SMARTS) is 1. The van der Waals surface area contributed by atoms with Gasteiger partial charge in [0, 0.05) is 0 Å². The molecule has 0 aliphatic heterocycles. The lowest BCUT2D eigenvalue weighted by molar-refractivity contribution is -0.139. The maximum Gasteiger partial charge on any atom is 0.349 e. The minimum Gasteiger partial charge on any atom is -0.481 e. The van der Waals surface area contributed by atoms with E-state index < -0.39 is 17.9 Å². The number of methoxy groups -OCH3 is 1. The molecule has 0 heterocycles. The van der Waals surface area contributed by atoms with Crippen LogP contribution in [0.5, 0.6) is 0 Å². The summed E-state index contributed by atoms with van der Waals surface area (Å²) in [4.78, 5) is 21.8. The predicted octanol–water partition coefficient (Wildman–Crippen LogP) is 1.64. The lowest BCUT2D eigenvalue weighted by Crippen LogP contribution is -2.03. The molecule has 0 radical (unpaired) electrons. The summed E-state index contributed by atoms with van der Waals surface area (Å²) in [6.07, 6.45) is 1.46. The largest absolute Gasteiger partial charge is 0.481 e. The van der Waals surface area contributed by atoms with Gasteiger partial charge in [-0.25, -0.2) is 4.79 Å². The minimum atomic E-state index is -0.865. The third-order valence-electron chi connectivity index (χ3n) is 2.88. The van der Waals surface area contributed by atoms with Crippen molar-refractivity contribution in [2.45, 2.75) is 13.8 Å². The number of aliphatic carboxylic acids is 1. The summed E-state index contributed by atoms with van der Waals surface area (Å²) in [5.74, 6) is -2.18. The average molecular weight is 233 g/mol. The Kier molecular flexibility index (Phi) is 3.09. The van der Waals surface area contributed by atoms with Crippen molar-refractivity contribution in [3.05, 3.63) is 11.1 Å². The summed E-state index contributed by atoms with van der Waals surface area (Å²) in [6, 6.07) is 0. The topological polar surface area (TPSA) is 63.6 Å². The standard InChI is InChI=1S/C10H13ClO4/c1-10(2)5(7(10)8(12)13)4-6(11)9(14)15-3/h4-5,7H,1-3H3,(H,12,13)/b6-4-/t5-,7-/m0/s1. The molecule has 5 heteroatoms. The first-order valence-electron chi connectivity index (χ1n) is 4.50. The van der Waals surface area contributed by atoms with E-state index in [4.69, 9.17) is 16.7 Å². The molecule has 0 unspecified atom stereocenters. The molecule has 2 atom stereocenters. The van der Waals surface area contributed by atoms with Gasteiger partial charge in [0.2, 0.25) is 0 Å². The molecule has 4 nitrogen and oxygen atoms in total. The van der Waals surface area contributed by atoms with Crippen molar-refractivity contribution in [3.63, 3.8) is 0 Å². The number of esters is 1. The van der Waals surface area contributed by atoms with Crippen LogP contribution in [0.4, 0.5) is 0 Å². The number of ether oxygens (including phenoxy) is 1. The van der Waals surface area contributed by atoms with Gasteiger partial charge < -0.3 is 9.84 Å². The monoisotopic (exact) mass is 232 g/mol. The highest BCUT2D eigenvalue weighted by Gasteiger charge is 2.61. The Labute approximate surface area is 92.9 Å². The smallest absolute Gasteiger partial charge is 0.349 e. The third-order valence-corrected chi connectivity index (χ3v) is 3.16. The second-order valence-electron chi connectivity index (χ2n) is 4.17. The number of carbonyl (C=O) groups is 2. The van der Waals surface area contributed by atoms with Crippen molar-refractivity contribution >= 4 is 23.5 Å². The van der Waals surface area contributed by atoms with Crippen LogP contribution in [0.25, 0.3) is 0 Å². The van der Waals surface area contributed by atoms with Gasteiger partial charge in [-0.2, -0.15) is 0 Å². The minimum absolute atomic E-state index is 0.0562. The molecule has 1 saturated carbocycles. The van der Waals surface area contributed by atoms with E-state index in [9.17, 15) is 9.59 Å². The van der Waals surface area contributed by atoms with Crippen LogP contribution < -0.4 is 0 Å². The molecule has 1 aliphatic carbocycles. The van der Waals surface area contributed by atoms with Crippen LogP contribution in [0.2, 0.25) is 0 Å². The second-order valence-corrected chi connectivity index (χ2v) is 4.58. The first kappa shape index (κ1) is 12.0. The Morgan fingerprint density at radius 2 is 2.00 bits per heavy atom. The van der Waals surface area contributed by atoms with Crippen LogP contribution >= 0.6 is 11.6 Å². The van der Waals surface area contributed by atoms with E-state index in [0.717, 1.165) is 0 Å². The molecule has 0 bridgehead atoms. The van der Waals surface area contributed by atoms with Gasteiger partial charge in [0.15, 0.2) is 0 Å². The fraction of sp³-hybridized carbons (Fsp3) is 0.600. The van der Waals surface area contributed by atoms with Crippen LogP contribution in [0, 0.1) is 17.3 Å². The van der Waals surface area contributed by atoms with Crippen LogP contribution in [0.1, 0.15) is 13.8 Å². The number of halogens is 1. The Hall–Kier alpha value is -1.03. The summed E-state index contributed by atoms with van der Waals surface area (Å²) >= 11 is 5.66. The zero-order chi connectivity index (χ0) is 11.8. The van der Waals surface area contributed by atoms with E-state index in [2.05, 4.69) is 4.74 Å². The molecule has 15 heavy (non-hydrogen) atoms. The van der Waals surface area contributed by atoms with E-state index in [-0.39, 0.29) is 16.4 Å². The van der Waals surface area contributed by atoms with E-state index in [1.165, 1.54) is 13.2 Å². The number of rotatable bonds is 3. The first-order valence-corrected chi connectivity index (χ1v) is 4.88. The highest BCUT2D eigenvalue weighted by Crippen LogP contribution is 2.59. The third kappa shape index (κ3) is 2.15. The van der Waals surface area contributed by atoms with Gasteiger partial charge in [0.05, 0.1) is 13.0 Å². The van der Waals surface area contributed by atoms with Crippen molar-refractivity contribution in [2.24, 2.45) is 17.3 Å². The Morgan fingerprint density at radius 1 is 1.47 bits per heavy atom. The summed E-state index contributed by atoms with van der Waals surface area (Å²) in [5, 5.41) is 8.82. The van der Waals surface area contributed by atoms with Gasteiger partial charge >= 0.3 is 11.9 Å². The molecule has 0 aromatic rings. The van der Waals surface area contributed by atoms with Crippen molar-refractivity contribution in [1.29, 1.82) is 0 Å². The Morgan fingerprint density at radius 3 is 2.33 bits per heavy atom. The molecule has 1 rings (SSSR count).